The van der Waals surface area contributed by atoms with E-state index in [2.05, 4.69) is 85.0 Å². The van der Waals surface area contributed by atoms with Crippen LogP contribution in [0.1, 0.15) is 74.7 Å². The monoisotopic (exact) mass is 342 g/mol. The first-order chi connectivity index (χ1) is 9.98. The lowest BCUT2D eigenvalue weighted by atomic mass is 9.81. The molecule has 130 valence electrons. The highest BCUT2D eigenvalue weighted by Gasteiger charge is 2.27. The topological polar surface area (TPSA) is 0 Å². The molecule has 0 saturated carbocycles. The molecule has 0 amide bonds. The van der Waals surface area contributed by atoms with Gasteiger partial charge in [-0.2, -0.15) is 0 Å². The van der Waals surface area contributed by atoms with E-state index < -0.39 is 0 Å². The highest BCUT2D eigenvalue weighted by atomic mass is 32.2. The van der Waals surface area contributed by atoms with Gasteiger partial charge in [-0.25, -0.2) is 0 Å². The third-order valence-electron chi connectivity index (χ3n) is 4.10. The molecule has 0 N–H and O–H groups in total. The van der Waals surface area contributed by atoms with E-state index in [9.17, 15) is 0 Å². The predicted octanol–water partition coefficient (Wildman–Crippen LogP) is 7.25. The van der Waals surface area contributed by atoms with Gasteiger partial charge in [0.2, 0.25) is 0 Å². The minimum Gasteiger partial charge on any atom is -0.142 e. The van der Waals surface area contributed by atoms with E-state index in [-0.39, 0.29) is 0 Å². The van der Waals surface area contributed by atoms with Gasteiger partial charge in [0.05, 0.1) is 4.58 Å². The molecule has 0 bridgehead atoms. The molecule has 1 heterocycles. The molecule has 0 radical (unpaired) electrons. The first-order valence-electron chi connectivity index (χ1n) is 8.91. The van der Waals surface area contributed by atoms with Gasteiger partial charge in [-0.15, -0.1) is 23.5 Å². The third kappa shape index (κ3) is 8.34. The summed E-state index contributed by atoms with van der Waals surface area (Å²) in [5, 5.41) is 0. The van der Waals surface area contributed by atoms with E-state index in [0.717, 1.165) is 10.5 Å². The van der Waals surface area contributed by atoms with Crippen LogP contribution < -0.4 is 0 Å². The summed E-state index contributed by atoms with van der Waals surface area (Å²) in [6, 6.07) is 0. The Morgan fingerprint density at radius 1 is 0.955 bits per heavy atom. The molecule has 1 aliphatic heterocycles. The molecule has 1 aliphatic rings. The van der Waals surface area contributed by atoms with Crippen LogP contribution in [-0.2, 0) is 0 Å². The molecular formula is C20H38S2. The first kappa shape index (κ1) is 20.5. The number of rotatable bonds is 6. The zero-order chi connectivity index (χ0) is 17.0. The lowest BCUT2D eigenvalue weighted by Gasteiger charge is -2.28. The van der Waals surface area contributed by atoms with Crippen LogP contribution in [-0.4, -0.2) is 16.1 Å². The van der Waals surface area contributed by atoms with Crippen LogP contribution in [0, 0.1) is 22.7 Å². The van der Waals surface area contributed by atoms with E-state index in [4.69, 9.17) is 0 Å². The van der Waals surface area contributed by atoms with Gasteiger partial charge in [-0.05, 0) is 47.5 Å². The molecule has 22 heavy (non-hydrogen) atoms. The number of hydrogen-bond acceptors (Lipinski definition) is 2. The van der Waals surface area contributed by atoms with Crippen molar-refractivity contribution < 1.29 is 0 Å². The van der Waals surface area contributed by atoms with E-state index >= 15 is 0 Å². The molecule has 2 unspecified atom stereocenters. The van der Waals surface area contributed by atoms with Crippen LogP contribution in [0.2, 0.25) is 0 Å². The molecule has 2 atom stereocenters. The molecule has 0 aromatic heterocycles. The number of hydrogen-bond donors (Lipinski definition) is 0. The molecule has 0 aromatic rings. The second kappa shape index (κ2) is 8.51. The van der Waals surface area contributed by atoms with Crippen LogP contribution in [0.4, 0.5) is 0 Å². The smallest absolute Gasteiger partial charge is 0.0714 e. The molecular weight excluding hydrogens is 304 g/mol. The van der Waals surface area contributed by atoms with Gasteiger partial charge in [0.15, 0.2) is 0 Å². The largest absolute Gasteiger partial charge is 0.142 e. The maximum Gasteiger partial charge on any atom is 0.0714 e. The van der Waals surface area contributed by atoms with E-state index in [1.807, 2.05) is 0 Å². The average molecular weight is 343 g/mol. The van der Waals surface area contributed by atoms with Gasteiger partial charge in [-0.3, -0.25) is 0 Å². The van der Waals surface area contributed by atoms with Crippen molar-refractivity contribution in [3.05, 3.63) is 11.6 Å². The second-order valence-electron chi connectivity index (χ2n) is 9.55. The summed E-state index contributed by atoms with van der Waals surface area (Å²) in [5.41, 5.74) is 2.59. The van der Waals surface area contributed by atoms with Gasteiger partial charge < -0.3 is 0 Å². The summed E-state index contributed by atoms with van der Waals surface area (Å²) in [6.07, 6.45) is 6.47. The van der Waals surface area contributed by atoms with Crippen molar-refractivity contribution in [2.45, 2.75) is 79.2 Å². The summed E-state index contributed by atoms with van der Waals surface area (Å²) >= 11 is 4.33. The minimum atomic E-state index is 0.420. The molecule has 1 fully saturated rings. The summed E-state index contributed by atoms with van der Waals surface area (Å²) < 4.78 is 0.721. The normalized spacial score (nSPS) is 21.2. The van der Waals surface area contributed by atoms with Crippen molar-refractivity contribution in [3.63, 3.8) is 0 Å². The molecule has 0 aromatic carbocycles. The number of thioether (sulfide) groups is 2. The highest BCUT2D eigenvalue weighted by molar-refractivity contribution is 8.20. The van der Waals surface area contributed by atoms with Crippen molar-refractivity contribution in [2.75, 3.05) is 11.5 Å². The zero-order valence-electron chi connectivity index (χ0n) is 16.2. The Bertz CT molecular complexity index is 351. The van der Waals surface area contributed by atoms with Gasteiger partial charge in [0, 0.05) is 11.5 Å². The van der Waals surface area contributed by atoms with Crippen LogP contribution in [0.15, 0.2) is 11.6 Å². The van der Waals surface area contributed by atoms with Crippen LogP contribution in [0.5, 0.6) is 0 Å². The molecule has 2 heteroatoms. The Morgan fingerprint density at radius 3 is 1.91 bits per heavy atom. The van der Waals surface area contributed by atoms with Crippen molar-refractivity contribution in [3.8, 4) is 0 Å². The third-order valence-corrected chi connectivity index (χ3v) is 7.20. The zero-order valence-corrected chi connectivity index (χ0v) is 17.8. The first-order valence-corrected chi connectivity index (χ1v) is 11.0. The van der Waals surface area contributed by atoms with E-state index in [1.165, 1.54) is 30.8 Å². The molecule has 0 nitrogen and oxygen atoms in total. The maximum absolute atomic E-state index is 2.61. The maximum atomic E-state index is 2.61. The summed E-state index contributed by atoms with van der Waals surface area (Å²) in [4.78, 5) is 0. The van der Waals surface area contributed by atoms with E-state index in [1.54, 1.807) is 5.57 Å². The highest BCUT2D eigenvalue weighted by Crippen LogP contribution is 2.43. The minimum absolute atomic E-state index is 0.420. The molecule has 1 rings (SSSR count). The predicted molar refractivity (Wildman–Crippen MR) is 108 cm³/mol. The quantitative estimate of drug-likeness (QED) is 0.466. The number of allylic oxidation sites excluding steroid dienone is 1. The Balaban J connectivity index is 2.74. The summed E-state index contributed by atoms with van der Waals surface area (Å²) in [7, 11) is 0. The Kier molecular flexibility index (Phi) is 7.93. The van der Waals surface area contributed by atoms with Crippen LogP contribution >= 0.6 is 23.5 Å². The summed E-state index contributed by atoms with van der Waals surface area (Å²) in [6.45, 7) is 19.1. The fourth-order valence-electron chi connectivity index (χ4n) is 3.58. The van der Waals surface area contributed by atoms with Crippen molar-refractivity contribution in [2.24, 2.45) is 22.7 Å². The fourth-order valence-corrected chi connectivity index (χ4v) is 6.79. The Labute approximate surface area is 148 Å². The van der Waals surface area contributed by atoms with E-state index in [0.29, 0.717) is 16.7 Å². The van der Waals surface area contributed by atoms with Gasteiger partial charge in [0.1, 0.15) is 0 Å². The Morgan fingerprint density at radius 2 is 1.45 bits per heavy atom. The Hall–Kier alpha value is 0.440. The average Bonchev–Trinajstić information content (AvgIpc) is 2.77. The molecule has 0 aliphatic carbocycles. The lowest BCUT2D eigenvalue weighted by molar-refractivity contribution is 0.306. The van der Waals surface area contributed by atoms with Gasteiger partial charge in [0.25, 0.3) is 0 Å². The van der Waals surface area contributed by atoms with Gasteiger partial charge in [-0.1, -0.05) is 61.5 Å². The van der Waals surface area contributed by atoms with Crippen molar-refractivity contribution in [1.82, 2.24) is 0 Å². The summed E-state index contributed by atoms with van der Waals surface area (Å²) in [5.74, 6) is 4.15. The SMILES string of the molecule is CC(C/C=C(\C(C)CC(C)(C)C)C1SCCS1)CC(C)(C)C. The molecule has 0 spiro atoms. The second-order valence-corrected chi connectivity index (χ2v) is 12.3. The lowest BCUT2D eigenvalue weighted by Crippen LogP contribution is -2.17. The standard InChI is InChI=1S/C20H38S2/c1-15(13-19(3,4)5)9-10-17(18-21-11-12-22-18)16(2)14-20(6,7)8/h10,15-16,18H,9,11-14H2,1-8H3/b17-10+. The van der Waals surface area contributed by atoms with Crippen LogP contribution in [0.3, 0.4) is 0 Å². The van der Waals surface area contributed by atoms with Crippen molar-refractivity contribution >= 4 is 23.5 Å². The fraction of sp³-hybridized carbons (Fsp3) is 0.900. The van der Waals surface area contributed by atoms with Gasteiger partial charge >= 0.3 is 0 Å². The van der Waals surface area contributed by atoms with Crippen molar-refractivity contribution in [1.29, 1.82) is 0 Å². The molecule has 1 saturated heterocycles. The van der Waals surface area contributed by atoms with Crippen LogP contribution in [0.25, 0.3) is 0 Å².